The van der Waals surface area contributed by atoms with Gasteiger partial charge in [-0.1, -0.05) is 140 Å². The van der Waals surface area contributed by atoms with E-state index in [1.807, 2.05) is 36.4 Å². The van der Waals surface area contributed by atoms with Crippen LogP contribution in [0, 0.1) is 0 Å². The first-order valence-corrected chi connectivity index (χ1v) is 16.2. The molecule has 0 N–H and O–H groups in total. The fourth-order valence-electron chi connectivity index (χ4n) is 6.50. The second kappa shape index (κ2) is 9.94. The van der Waals surface area contributed by atoms with Crippen LogP contribution < -0.4 is 10.6 Å². The van der Waals surface area contributed by atoms with Crippen molar-refractivity contribution in [3.63, 3.8) is 0 Å². The minimum Gasteiger partial charge on any atom is -0.309 e. The zero-order chi connectivity index (χ0) is 28.1. The summed E-state index contributed by atoms with van der Waals surface area (Å²) in [5, 5.41) is 9.43. The summed E-state index contributed by atoms with van der Waals surface area (Å²) in [5.74, 6) is 0. The smallest absolute Gasteiger partial charge is 0.170 e. The van der Waals surface area contributed by atoms with Gasteiger partial charge in [-0.2, -0.15) is 0 Å². The molecule has 3 heteroatoms. The lowest BCUT2D eigenvalue weighted by atomic mass is 9.92. The average molecular weight is 558 g/mol. The van der Waals surface area contributed by atoms with E-state index in [-0.39, 0.29) is 0 Å². The molecule has 1 aromatic heterocycles. The summed E-state index contributed by atoms with van der Waals surface area (Å²) in [5.41, 5.74) is 4.15. The summed E-state index contributed by atoms with van der Waals surface area (Å²) < 4.78 is 15.3. The van der Waals surface area contributed by atoms with E-state index in [0.717, 1.165) is 72.5 Å². The quantitative estimate of drug-likeness (QED) is 0.122. The lowest BCUT2D eigenvalue weighted by molar-refractivity contribution is 0.591. The van der Waals surface area contributed by atoms with Gasteiger partial charge in [-0.25, -0.2) is 4.98 Å². The van der Waals surface area contributed by atoms with E-state index in [1.165, 1.54) is 10.8 Å². The lowest BCUT2D eigenvalue weighted by Crippen LogP contribution is -2.17. The van der Waals surface area contributed by atoms with Gasteiger partial charge in [0, 0.05) is 43.0 Å². The number of aromatic nitrogens is 1. The first kappa shape index (κ1) is 25.0. The molecule has 2 nitrogen and oxygen atoms in total. The number of allylic oxidation sites excluding steroid dienone is 4. The number of benzene rings is 6. The molecule has 0 spiro atoms. The van der Waals surface area contributed by atoms with Crippen LogP contribution >= 0.6 is 7.14 Å². The number of fused-ring (bicyclic) bond motifs is 6. The Bertz CT molecular complexity index is 2190. The van der Waals surface area contributed by atoms with E-state index < -0.39 is 7.14 Å². The summed E-state index contributed by atoms with van der Waals surface area (Å²) >= 11 is 0. The highest BCUT2D eigenvalue weighted by Crippen LogP contribution is 2.54. The van der Waals surface area contributed by atoms with E-state index in [9.17, 15) is 0 Å². The van der Waals surface area contributed by atoms with Crippen molar-refractivity contribution in [3.8, 4) is 11.1 Å². The van der Waals surface area contributed by atoms with Crippen LogP contribution in [0.5, 0.6) is 0 Å². The fraction of sp³-hybridized carbons (Fsp3) is 0.0513. The Kier molecular flexibility index (Phi) is 5.91. The Morgan fingerprint density at radius 2 is 1.17 bits per heavy atom. The summed E-state index contributed by atoms with van der Waals surface area (Å²) in [6, 6.07) is 44.1. The largest absolute Gasteiger partial charge is 0.309 e. The van der Waals surface area contributed by atoms with Crippen molar-refractivity contribution in [2.45, 2.75) is 12.8 Å². The van der Waals surface area contributed by atoms with E-state index >= 15 is 4.57 Å². The van der Waals surface area contributed by atoms with Crippen LogP contribution in [0.1, 0.15) is 12.8 Å². The molecule has 7 aromatic rings. The molecule has 42 heavy (non-hydrogen) atoms. The first-order valence-electron chi connectivity index (χ1n) is 14.5. The van der Waals surface area contributed by atoms with Crippen molar-refractivity contribution < 1.29 is 4.57 Å². The van der Waals surface area contributed by atoms with Gasteiger partial charge in [-0.3, -0.25) is 0 Å². The molecule has 0 bridgehead atoms. The van der Waals surface area contributed by atoms with Gasteiger partial charge in [0.2, 0.25) is 0 Å². The van der Waals surface area contributed by atoms with Crippen molar-refractivity contribution in [2.75, 3.05) is 0 Å². The Morgan fingerprint density at radius 3 is 1.81 bits per heavy atom. The SMILES string of the molecule is O=P(C1=CCCC=C1)(c1ccccc1)c1cccc(-c2c3ccc4ccccc4c3nc3c2ccc2ccccc23)c1. The van der Waals surface area contributed by atoms with E-state index in [0.29, 0.717) is 0 Å². The molecule has 1 aliphatic carbocycles. The van der Waals surface area contributed by atoms with Gasteiger partial charge >= 0.3 is 0 Å². The maximum atomic E-state index is 15.3. The van der Waals surface area contributed by atoms with Gasteiger partial charge in [0.05, 0.1) is 11.0 Å². The van der Waals surface area contributed by atoms with E-state index in [4.69, 9.17) is 4.98 Å². The van der Waals surface area contributed by atoms with Crippen molar-refractivity contribution in [1.29, 1.82) is 0 Å². The molecular formula is C39H28NOP. The first-order chi connectivity index (χ1) is 20.7. The van der Waals surface area contributed by atoms with Crippen LogP contribution in [0.3, 0.4) is 0 Å². The molecule has 6 aromatic carbocycles. The van der Waals surface area contributed by atoms with Crippen LogP contribution in [0.4, 0.5) is 0 Å². The average Bonchev–Trinajstić information content (AvgIpc) is 3.07. The topological polar surface area (TPSA) is 30.0 Å². The lowest BCUT2D eigenvalue weighted by Gasteiger charge is -2.23. The van der Waals surface area contributed by atoms with Crippen molar-refractivity contribution in [2.24, 2.45) is 0 Å². The van der Waals surface area contributed by atoms with E-state index in [1.54, 1.807) is 0 Å². The van der Waals surface area contributed by atoms with Crippen LogP contribution in [0.15, 0.2) is 151 Å². The third kappa shape index (κ3) is 3.87. The van der Waals surface area contributed by atoms with Crippen molar-refractivity contribution >= 4 is 61.1 Å². The second-order valence-corrected chi connectivity index (χ2v) is 13.7. The molecule has 1 aliphatic rings. The third-order valence-electron chi connectivity index (χ3n) is 8.52. The number of nitrogens with zero attached hydrogens (tertiary/aromatic N) is 1. The number of hydrogen-bond donors (Lipinski definition) is 0. The number of hydrogen-bond acceptors (Lipinski definition) is 2. The van der Waals surface area contributed by atoms with Gasteiger partial charge in [0.15, 0.2) is 7.14 Å². The third-order valence-corrected chi connectivity index (χ3v) is 11.6. The highest BCUT2D eigenvalue weighted by molar-refractivity contribution is 7.82. The van der Waals surface area contributed by atoms with E-state index in [2.05, 4.69) is 109 Å². The molecule has 1 heterocycles. The molecule has 0 saturated carbocycles. The second-order valence-electron chi connectivity index (χ2n) is 11.0. The summed E-state index contributed by atoms with van der Waals surface area (Å²) in [6.07, 6.45) is 8.27. The molecule has 0 saturated heterocycles. The monoisotopic (exact) mass is 557 g/mol. The number of pyridine rings is 1. The maximum Gasteiger partial charge on any atom is 0.170 e. The molecule has 0 fully saturated rings. The molecule has 0 radical (unpaired) electrons. The Labute approximate surface area is 245 Å². The molecule has 0 amide bonds. The van der Waals surface area contributed by atoms with Gasteiger partial charge in [0.1, 0.15) is 0 Å². The van der Waals surface area contributed by atoms with Crippen molar-refractivity contribution in [1.82, 2.24) is 4.98 Å². The molecular weight excluding hydrogens is 529 g/mol. The zero-order valence-corrected chi connectivity index (χ0v) is 24.0. The fourth-order valence-corrected chi connectivity index (χ4v) is 9.30. The normalized spacial score (nSPS) is 14.8. The van der Waals surface area contributed by atoms with Gasteiger partial charge in [-0.05, 0) is 35.2 Å². The highest BCUT2D eigenvalue weighted by atomic mass is 31.2. The highest BCUT2D eigenvalue weighted by Gasteiger charge is 2.31. The van der Waals surface area contributed by atoms with Crippen LogP contribution in [-0.2, 0) is 4.57 Å². The molecule has 200 valence electrons. The number of rotatable bonds is 4. The van der Waals surface area contributed by atoms with Crippen LogP contribution in [0.2, 0.25) is 0 Å². The maximum absolute atomic E-state index is 15.3. The van der Waals surface area contributed by atoms with Crippen LogP contribution in [-0.4, -0.2) is 4.98 Å². The molecule has 1 unspecified atom stereocenters. The standard InChI is InChI=1S/C39H28NOP/c41-42(30-15-3-1-4-16-30,31-17-5-2-6-18-31)32-19-11-14-29(26-32)37-35-24-22-27-12-7-9-20-33(27)38(35)40-39-34-21-10-8-13-28(34)23-25-36(37)39/h1,3-5,7-26H,2,6H2. The Morgan fingerprint density at radius 1 is 0.548 bits per heavy atom. The zero-order valence-electron chi connectivity index (χ0n) is 23.1. The Hall–Kier alpha value is -4.78. The van der Waals surface area contributed by atoms with Gasteiger partial charge in [-0.15, -0.1) is 0 Å². The molecule has 8 rings (SSSR count). The van der Waals surface area contributed by atoms with Gasteiger partial charge in [0.25, 0.3) is 0 Å². The predicted octanol–water partition coefficient (Wildman–Crippen LogP) is 9.91. The minimum atomic E-state index is -3.09. The van der Waals surface area contributed by atoms with Gasteiger partial charge < -0.3 is 4.57 Å². The molecule has 0 aliphatic heterocycles. The Balaban J connectivity index is 1.47. The van der Waals surface area contributed by atoms with Crippen molar-refractivity contribution in [3.05, 3.63) is 151 Å². The van der Waals surface area contributed by atoms with Crippen LogP contribution in [0.25, 0.3) is 54.5 Å². The summed E-state index contributed by atoms with van der Waals surface area (Å²) in [4.78, 5) is 5.34. The summed E-state index contributed by atoms with van der Waals surface area (Å²) in [7, 11) is -3.09. The summed E-state index contributed by atoms with van der Waals surface area (Å²) in [6.45, 7) is 0. The predicted molar refractivity (Wildman–Crippen MR) is 179 cm³/mol. The molecule has 1 atom stereocenters. The minimum absolute atomic E-state index is 0.851.